The highest BCUT2D eigenvalue weighted by Crippen LogP contribution is 2.14. The fourth-order valence-corrected chi connectivity index (χ4v) is 2.71. The van der Waals surface area contributed by atoms with Crippen LogP contribution in [0.5, 0.6) is 0 Å². The number of nitrogens with one attached hydrogen (secondary N) is 2. The Bertz CT molecular complexity index is 472. The zero-order chi connectivity index (χ0) is 15.8. The van der Waals surface area contributed by atoms with E-state index in [0.29, 0.717) is 12.5 Å². The Morgan fingerprint density at radius 1 is 1.27 bits per heavy atom. The fourth-order valence-electron chi connectivity index (χ4n) is 2.71. The first kappa shape index (κ1) is 16.7. The van der Waals surface area contributed by atoms with E-state index >= 15 is 0 Å². The molecule has 2 rings (SSSR count). The molecule has 0 aromatic heterocycles. The molecular weight excluding hydrogens is 279 g/mol. The van der Waals surface area contributed by atoms with Crippen LogP contribution in [0, 0.1) is 11.7 Å². The number of benzene rings is 1. The molecule has 1 heterocycles. The van der Waals surface area contributed by atoms with E-state index in [1.807, 2.05) is 0 Å². The van der Waals surface area contributed by atoms with Gasteiger partial charge in [-0.2, -0.15) is 0 Å². The maximum atomic E-state index is 12.9. The van der Waals surface area contributed by atoms with E-state index in [1.165, 1.54) is 31.6 Å². The van der Waals surface area contributed by atoms with Gasteiger partial charge in [0.25, 0.3) is 0 Å². The molecule has 122 valence electrons. The van der Waals surface area contributed by atoms with Crippen LogP contribution in [0.3, 0.4) is 0 Å². The maximum absolute atomic E-state index is 12.9. The topological polar surface area (TPSA) is 39.7 Å². The molecule has 1 unspecified atom stereocenters. The van der Waals surface area contributed by atoms with Crippen LogP contribution in [0.2, 0.25) is 0 Å². The van der Waals surface area contributed by atoms with E-state index in [1.54, 1.807) is 12.1 Å². The molecule has 5 heteroatoms. The minimum Gasteiger partial charge on any atom is -0.357 e. The van der Waals surface area contributed by atoms with Gasteiger partial charge >= 0.3 is 0 Å². The Labute approximate surface area is 132 Å². The number of hydrogen-bond donors (Lipinski definition) is 2. The average Bonchev–Trinajstić information content (AvgIpc) is 3.00. The molecule has 0 spiro atoms. The Morgan fingerprint density at radius 3 is 2.68 bits per heavy atom. The summed E-state index contributed by atoms with van der Waals surface area (Å²) in [6.07, 6.45) is 1.25. The van der Waals surface area contributed by atoms with Gasteiger partial charge in [-0.25, -0.2) is 9.38 Å². The molecular formula is C17H27FN4. The molecule has 1 aliphatic heterocycles. The van der Waals surface area contributed by atoms with Crippen LogP contribution in [0.15, 0.2) is 29.3 Å². The summed E-state index contributed by atoms with van der Waals surface area (Å²) >= 11 is 0. The summed E-state index contributed by atoms with van der Waals surface area (Å²) in [4.78, 5) is 7.05. The maximum Gasteiger partial charge on any atom is 0.191 e. The van der Waals surface area contributed by atoms with E-state index < -0.39 is 0 Å². The fraction of sp³-hybridized carbons (Fsp3) is 0.588. The average molecular weight is 306 g/mol. The second-order valence-electron chi connectivity index (χ2n) is 5.75. The third-order valence-electron chi connectivity index (χ3n) is 4.05. The predicted molar refractivity (Wildman–Crippen MR) is 89.4 cm³/mol. The minimum atomic E-state index is -0.209. The van der Waals surface area contributed by atoms with Crippen LogP contribution in [0.25, 0.3) is 0 Å². The number of aliphatic imine (C=N–C) groups is 1. The molecule has 0 saturated carbocycles. The van der Waals surface area contributed by atoms with Crippen LogP contribution < -0.4 is 10.6 Å². The van der Waals surface area contributed by atoms with Crippen molar-refractivity contribution in [3.63, 3.8) is 0 Å². The van der Waals surface area contributed by atoms with E-state index in [9.17, 15) is 4.39 Å². The summed E-state index contributed by atoms with van der Waals surface area (Å²) in [5.41, 5.74) is 1.01. The number of rotatable bonds is 6. The van der Waals surface area contributed by atoms with Crippen molar-refractivity contribution in [1.29, 1.82) is 0 Å². The molecule has 22 heavy (non-hydrogen) atoms. The van der Waals surface area contributed by atoms with Gasteiger partial charge in [-0.3, -0.25) is 0 Å². The van der Waals surface area contributed by atoms with Crippen LogP contribution >= 0.6 is 0 Å². The molecule has 2 N–H and O–H groups in total. The van der Waals surface area contributed by atoms with Gasteiger partial charge in [-0.1, -0.05) is 19.1 Å². The van der Waals surface area contributed by atoms with Crippen molar-refractivity contribution < 1.29 is 4.39 Å². The molecule has 1 aromatic rings. The van der Waals surface area contributed by atoms with Crippen LogP contribution in [0.1, 0.15) is 25.8 Å². The summed E-state index contributed by atoms with van der Waals surface area (Å²) in [6, 6.07) is 6.50. The Balaban J connectivity index is 1.83. The minimum absolute atomic E-state index is 0.209. The molecule has 1 aliphatic rings. The molecule has 0 radical (unpaired) electrons. The summed E-state index contributed by atoms with van der Waals surface area (Å²) in [6.45, 7) is 10.1. The number of halogens is 1. The quantitative estimate of drug-likeness (QED) is 0.625. The Kier molecular flexibility index (Phi) is 6.65. The monoisotopic (exact) mass is 306 g/mol. The lowest BCUT2D eigenvalue weighted by atomic mass is 10.1. The summed E-state index contributed by atoms with van der Waals surface area (Å²) in [7, 11) is 0. The molecule has 4 nitrogen and oxygen atoms in total. The normalized spacial score (nSPS) is 19.4. The lowest BCUT2D eigenvalue weighted by Crippen LogP contribution is -2.40. The zero-order valence-electron chi connectivity index (χ0n) is 13.6. The lowest BCUT2D eigenvalue weighted by molar-refractivity contribution is 0.342. The van der Waals surface area contributed by atoms with E-state index in [0.717, 1.165) is 31.2 Å². The summed E-state index contributed by atoms with van der Waals surface area (Å²) < 4.78 is 12.9. The van der Waals surface area contributed by atoms with Gasteiger partial charge in [0.2, 0.25) is 0 Å². The van der Waals surface area contributed by atoms with Crippen LogP contribution in [-0.4, -0.2) is 43.6 Å². The van der Waals surface area contributed by atoms with Gasteiger partial charge in [0.1, 0.15) is 5.82 Å². The first-order valence-electron chi connectivity index (χ1n) is 8.20. The summed E-state index contributed by atoms with van der Waals surface area (Å²) in [5.74, 6) is 1.32. The van der Waals surface area contributed by atoms with Gasteiger partial charge in [-0.15, -0.1) is 0 Å². The first-order valence-corrected chi connectivity index (χ1v) is 8.20. The number of guanidine groups is 1. The van der Waals surface area contributed by atoms with Crippen molar-refractivity contribution >= 4 is 5.96 Å². The molecule has 0 aliphatic carbocycles. The molecule has 0 amide bonds. The standard InChI is InChI=1S/C17H27FN4/c1-3-19-17(20-11-14-5-7-16(18)8-6-14)21-12-15-9-10-22(4-2)13-15/h5-8,15H,3-4,9-13H2,1-2H3,(H2,19,20,21). The first-order chi connectivity index (χ1) is 10.7. The highest BCUT2D eigenvalue weighted by atomic mass is 19.1. The second-order valence-corrected chi connectivity index (χ2v) is 5.75. The molecule has 1 aromatic carbocycles. The van der Waals surface area contributed by atoms with Gasteiger partial charge in [-0.05, 0) is 50.0 Å². The van der Waals surface area contributed by atoms with E-state index in [-0.39, 0.29) is 5.82 Å². The number of likely N-dealkylation sites (tertiary alicyclic amines) is 1. The van der Waals surface area contributed by atoms with Crippen molar-refractivity contribution in [1.82, 2.24) is 15.5 Å². The largest absolute Gasteiger partial charge is 0.357 e. The molecule has 1 atom stereocenters. The predicted octanol–water partition coefficient (Wildman–Crippen LogP) is 2.22. The van der Waals surface area contributed by atoms with E-state index in [2.05, 4.69) is 34.4 Å². The number of hydrogen-bond acceptors (Lipinski definition) is 2. The van der Waals surface area contributed by atoms with Crippen molar-refractivity contribution in [3.05, 3.63) is 35.6 Å². The number of nitrogens with zero attached hydrogens (tertiary/aromatic N) is 2. The molecule has 0 bridgehead atoms. The third-order valence-corrected chi connectivity index (χ3v) is 4.05. The van der Waals surface area contributed by atoms with Crippen LogP contribution in [0.4, 0.5) is 4.39 Å². The second kappa shape index (κ2) is 8.73. The van der Waals surface area contributed by atoms with Crippen molar-refractivity contribution in [2.45, 2.75) is 26.8 Å². The molecule has 1 saturated heterocycles. The van der Waals surface area contributed by atoms with Crippen molar-refractivity contribution in [3.8, 4) is 0 Å². The Morgan fingerprint density at radius 2 is 2.05 bits per heavy atom. The van der Waals surface area contributed by atoms with Crippen LogP contribution in [-0.2, 0) is 6.54 Å². The lowest BCUT2D eigenvalue weighted by Gasteiger charge is -2.16. The molecule has 1 fully saturated rings. The van der Waals surface area contributed by atoms with Gasteiger partial charge in [0.15, 0.2) is 5.96 Å². The van der Waals surface area contributed by atoms with Gasteiger partial charge in [0, 0.05) is 19.6 Å². The van der Waals surface area contributed by atoms with Gasteiger partial charge < -0.3 is 15.5 Å². The highest BCUT2D eigenvalue weighted by molar-refractivity contribution is 5.79. The highest BCUT2D eigenvalue weighted by Gasteiger charge is 2.20. The smallest absolute Gasteiger partial charge is 0.191 e. The van der Waals surface area contributed by atoms with E-state index in [4.69, 9.17) is 0 Å². The van der Waals surface area contributed by atoms with Crippen molar-refractivity contribution in [2.75, 3.05) is 32.7 Å². The Hall–Kier alpha value is -1.62. The third kappa shape index (κ3) is 5.30. The summed E-state index contributed by atoms with van der Waals surface area (Å²) in [5, 5.41) is 6.69. The SMILES string of the molecule is CCNC(=NCc1ccc(F)cc1)NCC1CCN(CC)C1. The zero-order valence-corrected chi connectivity index (χ0v) is 13.6. The van der Waals surface area contributed by atoms with Crippen molar-refractivity contribution in [2.24, 2.45) is 10.9 Å². The van der Waals surface area contributed by atoms with Gasteiger partial charge in [0.05, 0.1) is 6.54 Å².